The van der Waals surface area contributed by atoms with Crippen LogP contribution in [0, 0.1) is 6.92 Å². The molecule has 1 amide bonds. The molecule has 6 nitrogen and oxygen atoms in total. The van der Waals surface area contributed by atoms with Gasteiger partial charge in [-0.15, -0.1) is 11.3 Å². The van der Waals surface area contributed by atoms with Crippen LogP contribution in [0.15, 0.2) is 59.0 Å². The molecule has 1 saturated heterocycles. The number of aromatic nitrogens is 2. The largest absolute Gasteiger partial charge is 0.441 e. The summed E-state index contributed by atoms with van der Waals surface area (Å²) < 4.78 is 6.99. The van der Waals surface area contributed by atoms with Crippen molar-refractivity contribution >= 4 is 27.5 Å². The Labute approximate surface area is 178 Å². The minimum Gasteiger partial charge on any atom is -0.441 e. The van der Waals surface area contributed by atoms with Crippen molar-refractivity contribution in [2.24, 2.45) is 0 Å². The summed E-state index contributed by atoms with van der Waals surface area (Å²) in [5.74, 6) is 1.000. The van der Waals surface area contributed by atoms with Gasteiger partial charge >= 0.3 is 0 Å². The highest BCUT2D eigenvalue weighted by Gasteiger charge is 2.27. The molecule has 30 heavy (non-hydrogen) atoms. The minimum absolute atomic E-state index is 0.0573. The number of rotatable bonds is 4. The number of hydrogen-bond acceptors (Lipinski definition) is 6. The topological polar surface area (TPSA) is 62.5 Å². The molecule has 2 aromatic carbocycles. The first-order valence-corrected chi connectivity index (χ1v) is 10.9. The quantitative estimate of drug-likeness (QED) is 0.497. The molecule has 1 aliphatic heterocycles. The molecule has 0 N–H and O–H groups in total. The Hall–Kier alpha value is -3.03. The molecule has 0 saturated carbocycles. The Morgan fingerprint density at radius 1 is 1.00 bits per heavy atom. The van der Waals surface area contributed by atoms with Crippen molar-refractivity contribution in [1.29, 1.82) is 0 Å². The van der Waals surface area contributed by atoms with Gasteiger partial charge in [0.25, 0.3) is 5.91 Å². The van der Waals surface area contributed by atoms with Gasteiger partial charge in [-0.25, -0.2) is 9.97 Å². The number of fused-ring (bicyclic) bond motifs is 1. The molecule has 0 bridgehead atoms. The number of aryl methyl sites for hydroxylation is 1. The standard InChI is InChI=1S/C23H22N4O2S/c1-16-21(25-22(29-16)17-7-3-2-4-8-17)23(28)27-13-11-26(12-14-27)15-20-24-18-9-5-6-10-19(18)30-20/h2-10H,11-15H2,1H3. The number of benzene rings is 2. The van der Waals surface area contributed by atoms with Crippen LogP contribution in [0.4, 0.5) is 0 Å². The second kappa shape index (κ2) is 8.01. The van der Waals surface area contributed by atoms with Crippen molar-refractivity contribution in [1.82, 2.24) is 19.8 Å². The maximum absolute atomic E-state index is 13.0. The summed E-state index contributed by atoms with van der Waals surface area (Å²) in [7, 11) is 0. The Morgan fingerprint density at radius 2 is 1.73 bits per heavy atom. The average molecular weight is 419 g/mol. The summed E-state index contributed by atoms with van der Waals surface area (Å²) in [5.41, 5.74) is 2.34. The van der Waals surface area contributed by atoms with Gasteiger partial charge in [0.05, 0.1) is 16.8 Å². The van der Waals surface area contributed by atoms with Gasteiger partial charge in [0.2, 0.25) is 5.89 Å². The minimum atomic E-state index is -0.0573. The molecule has 2 aromatic heterocycles. The van der Waals surface area contributed by atoms with E-state index in [1.165, 1.54) is 4.70 Å². The number of nitrogens with zero attached hydrogens (tertiary/aromatic N) is 4. The Bertz CT molecular complexity index is 1140. The van der Waals surface area contributed by atoms with Gasteiger partial charge in [-0.2, -0.15) is 0 Å². The molecular weight excluding hydrogens is 396 g/mol. The lowest BCUT2D eigenvalue weighted by atomic mass is 10.2. The lowest BCUT2D eigenvalue weighted by molar-refractivity contribution is 0.0621. The van der Waals surface area contributed by atoms with Crippen molar-refractivity contribution in [3.63, 3.8) is 0 Å². The summed E-state index contributed by atoms with van der Waals surface area (Å²) >= 11 is 1.74. The van der Waals surface area contributed by atoms with Gasteiger partial charge in [0.1, 0.15) is 10.8 Å². The van der Waals surface area contributed by atoms with Crippen LogP contribution in [0.3, 0.4) is 0 Å². The van der Waals surface area contributed by atoms with Crippen LogP contribution >= 0.6 is 11.3 Å². The maximum atomic E-state index is 13.0. The fourth-order valence-corrected chi connectivity index (χ4v) is 4.75. The van der Waals surface area contributed by atoms with Crippen molar-refractivity contribution in [3.8, 4) is 11.5 Å². The molecule has 7 heteroatoms. The first-order chi connectivity index (χ1) is 14.7. The number of amides is 1. The number of thiazole rings is 1. The van der Waals surface area contributed by atoms with Crippen LogP contribution in [-0.2, 0) is 6.54 Å². The van der Waals surface area contributed by atoms with E-state index in [4.69, 9.17) is 9.40 Å². The fraction of sp³-hybridized carbons (Fsp3) is 0.261. The van der Waals surface area contributed by atoms with E-state index >= 15 is 0 Å². The summed E-state index contributed by atoms with van der Waals surface area (Å²) in [6, 6.07) is 17.9. The van der Waals surface area contributed by atoms with Gasteiger partial charge in [0.15, 0.2) is 5.69 Å². The molecule has 0 aliphatic carbocycles. The smallest absolute Gasteiger partial charge is 0.276 e. The van der Waals surface area contributed by atoms with E-state index in [-0.39, 0.29) is 5.91 Å². The molecule has 0 unspecified atom stereocenters. The average Bonchev–Trinajstić information content (AvgIpc) is 3.37. The predicted molar refractivity (Wildman–Crippen MR) is 117 cm³/mol. The SMILES string of the molecule is Cc1oc(-c2ccccc2)nc1C(=O)N1CCN(Cc2nc3ccccc3s2)CC1. The number of para-hydroxylation sites is 1. The molecule has 0 spiro atoms. The van der Waals surface area contributed by atoms with Crippen LogP contribution in [0.5, 0.6) is 0 Å². The van der Waals surface area contributed by atoms with Crippen molar-refractivity contribution in [2.75, 3.05) is 26.2 Å². The molecule has 152 valence electrons. The second-order valence-electron chi connectivity index (χ2n) is 7.43. The van der Waals surface area contributed by atoms with E-state index in [0.29, 0.717) is 30.4 Å². The Kier molecular flexibility index (Phi) is 5.06. The third-order valence-corrected chi connectivity index (χ3v) is 6.40. The Morgan fingerprint density at radius 3 is 2.50 bits per heavy atom. The molecule has 3 heterocycles. The van der Waals surface area contributed by atoms with Gasteiger partial charge in [-0.3, -0.25) is 9.69 Å². The molecule has 4 aromatic rings. The number of hydrogen-bond donors (Lipinski definition) is 0. The van der Waals surface area contributed by atoms with Gasteiger partial charge in [-0.05, 0) is 31.2 Å². The zero-order chi connectivity index (χ0) is 20.5. The van der Waals surface area contributed by atoms with Crippen LogP contribution in [0.2, 0.25) is 0 Å². The summed E-state index contributed by atoms with van der Waals surface area (Å²) in [6.07, 6.45) is 0. The number of piperazine rings is 1. The zero-order valence-corrected chi connectivity index (χ0v) is 17.6. The summed E-state index contributed by atoms with van der Waals surface area (Å²) in [5, 5.41) is 1.12. The van der Waals surface area contributed by atoms with Gasteiger partial charge in [0, 0.05) is 31.7 Å². The van der Waals surface area contributed by atoms with Crippen LogP contribution in [0.1, 0.15) is 21.3 Å². The molecule has 1 fully saturated rings. The van der Waals surface area contributed by atoms with Crippen molar-refractivity contribution in [2.45, 2.75) is 13.5 Å². The summed E-state index contributed by atoms with van der Waals surface area (Å²) in [6.45, 7) is 5.63. The van der Waals surface area contributed by atoms with E-state index in [9.17, 15) is 4.79 Å². The van der Waals surface area contributed by atoms with E-state index in [1.807, 2.05) is 47.4 Å². The normalized spacial score (nSPS) is 15.0. The highest BCUT2D eigenvalue weighted by molar-refractivity contribution is 7.18. The highest BCUT2D eigenvalue weighted by atomic mass is 32.1. The fourth-order valence-electron chi connectivity index (χ4n) is 3.74. The second-order valence-corrected chi connectivity index (χ2v) is 8.55. The summed E-state index contributed by atoms with van der Waals surface area (Å²) in [4.78, 5) is 26.5. The molecule has 5 rings (SSSR count). The van der Waals surface area contributed by atoms with E-state index < -0.39 is 0 Å². The number of oxazole rings is 1. The predicted octanol–water partition coefficient (Wildman–Crippen LogP) is 4.22. The van der Waals surface area contributed by atoms with Gasteiger partial charge < -0.3 is 9.32 Å². The first kappa shape index (κ1) is 19.0. The molecule has 0 atom stereocenters. The van der Waals surface area contributed by atoms with Gasteiger partial charge in [-0.1, -0.05) is 30.3 Å². The van der Waals surface area contributed by atoms with Crippen LogP contribution in [0.25, 0.3) is 21.7 Å². The third kappa shape index (κ3) is 3.74. The maximum Gasteiger partial charge on any atom is 0.276 e. The molecular formula is C23H22N4O2S. The molecule has 1 aliphatic rings. The van der Waals surface area contributed by atoms with Crippen molar-refractivity contribution < 1.29 is 9.21 Å². The zero-order valence-electron chi connectivity index (χ0n) is 16.7. The monoisotopic (exact) mass is 418 g/mol. The Balaban J connectivity index is 1.23. The van der Waals surface area contributed by atoms with Crippen LogP contribution < -0.4 is 0 Å². The number of carbonyl (C=O) groups is 1. The first-order valence-electron chi connectivity index (χ1n) is 10.1. The highest BCUT2D eigenvalue weighted by Crippen LogP contribution is 2.24. The lowest BCUT2D eigenvalue weighted by Crippen LogP contribution is -2.48. The van der Waals surface area contributed by atoms with E-state index in [2.05, 4.69) is 22.0 Å². The van der Waals surface area contributed by atoms with Crippen LogP contribution in [-0.4, -0.2) is 51.9 Å². The molecule has 0 radical (unpaired) electrons. The van der Waals surface area contributed by atoms with E-state index in [0.717, 1.165) is 35.7 Å². The third-order valence-electron chi connectivity index (χ3n) is 5.38. The lowest BCUT2D eigenvalue weighted by Gasteiger charge is -2.33. The van der Waals surface area contributed by atoms with Crippen molar-refractivity contribution in [3.05, 3.63) is 71.1 Å². The number of carbonyl (C=O) groups excluding carboxylic acids is 1. The van der Waals surface area contributed by atoms with E-state index in [1.54, 1.807) is 18.3 Å².